The van der Waals surface area contributed by atoms with E-state index in [-0.39, 0.29) is 11.8 Å². The van der Waals surface area contributed by atoms with Gasteiger partial charge in [-0.2, -0.15) is 0 Å². The molecule has 1 aliphatic heterocycles. The molecule has 0 spiro atoms. The highest BCUT2D eigenvalue weighted by Crippen LogP contribution is 2.29. The molecule has 0 aromatic heterocycles. The third kappa shape index (κ3) is 3.98. The number of aryl methyl sites for hydroxylation is 2. The van der Waals surface area contributed by atoms with Crippen LogP contribution in [0.3, 0.4) is 0 Å². The zero-order chi connectivity index (χ0) is 20.3. The topological polar surface area (TPSA) is 95.9 Å². The van der Waals surface area contributed by atoms with E-state index in [9.17, 15) is 14.4 Å². The van der Waals surface area contributed by atoms with E-state index in [4.69, 9.17) is 9.84 Å². The minimum absolute atomic E-state index is 0.208. The fourth-order valence-corrected chi connectivity index (χ4v) is 3.45. The van der Waals surface area contributed by atoms with Gasteiger partial charge in [0, 0.05) is 18.7 Å². The van der Waals surface area contributed by atoms with Crippen molar-refractivity contribution < 1.29 is 24.2 Å². The number of benzene rings is 2. The molecular formula is C21H22N2O5. The summed E-state index contributed by atoms with van der Waals surface area (Å²) >= 11 is 0. The second-order valence-electron chi connectivity index (χ2n) is 6.72. The summed E-state index contributed by atoms with van der Waals surface area (Å²) in [7, 11) is 0. The lowest BCUT2D eigenvalue weighted by atomic mass is 9.99. The van der Waals surface area contributed by atoms with Crippen molar-refractivity contribution in [2.45, 2.75) is 19.9 Å². The van der Waals surface area contributed by atoms with Crippen molar-refractivity contribution in [3.63, 3.8) is 0 Å². The molecule has 2 N–H and O–H groups in total. The molecule has 1 heterocycles. The Labute approximate surface area is 162 Å². The molecule has 2 aromatic carbocycles. The van der Waals surface area contributed by atoms with Gasteiger partial charge < -0.3 is 20.1 Å². The SMILES string of the molecule is Cc1cc(C(=O)N2CCNC(=O)C2c2ccccc2)cc(C)c1OCC(=O)O. The number of aliphatic carboxylic acids is 1. The Morgan fingerprint density at radius 1 is 1.18 bits per heavy atom. The number of piperazine rings is 1. The van der Waals surface area contributed by atoms with Gasteiger partial charge in [0.25, 0.3) is 5.91 Å². The summed E-state index contributed by atoms with van der Waals surface area (Å²) in [6.45, 7) is 3.87. The summed E-state index contributed by atoms with van der Waals surface area (Å²) < 4.78 is 5.33. The van der Waals surface area contributed by atoms with Crippen LogP contribution in [0.15, 0.2) is 42.5 Å². The van der Waals surface area contributed by atoms with Crippen LogP contribution in [-0.2, 0) is 9.59 Å². The minimum Gasteiger partial charge on any atom is -0.481 e. The monoisotopic (exact) mass is 382 g/mol. The minimum atomic E-state index is -1.07. The highest BCUT2D eigenvalue weighted by molar-refractivity contribution is 5.99. The van der Waals surface area contributed by atoms with E-state index in [0.29, 0.717) is 35.5 Å². The lowest BCUT2D eigenvalue weighted by molar-refractivity contribution is -0.139. The second-order valence-corrected chi connectivity index (χ2v) is 6.72. The Kier molecular flexibility index (Phi) is 5.63. The van der Waals surface area contributed by atoms with Crippen LogP contribution in [0.2, 0.25) is 0 Å². The molecule has 1 fully saturated rings. The fourth-order valence-electron chi connectivity index (χ4n) is 3.45. The van der Waals surface area contributed by atoms with Gasteiger partial charge in [-0.3, -0.25) is 9.59 Å². The van der Waals surface area contributed by atoms with Crippen LogP contribution in [0.5, 0.6) is 5.75 Å². The largest absolute Gasteiger partial charge is 0.481 e. The summed E-state index contributed by atoms with van der Waals surface area (Å²) in [5.41, 5.74) is 2.53. The number of ether oxygens (including phenoxy) is 1. The molecule has 2 amide bonds. The Bertz CT molecular complexity index is 887. The van der Waals surface area contributed by atoms with E-state index < -0.39 is 18.6 Å². The quantitative estimate of drug-likeness (QED) is 0.825. The van der Waals surface area contributed by atoms with Crippen molar-refractivity contribution in [3.05, 3.63) is 64.7 Å². The van der Waals surface area contributed by atoms with Crippen molar-refractivity contribution >= 4 is 17.8 Å². The number of carbonyl (C=O) groups is 3. The molecule has 1 aliphatic rings. The summed E-state index contributed by atoms with van der Waals surface area (Å²) in [6, 6.07) is 11.8. The molecule has 1 saturated heterocycles. The maximum Gasteiger partial charge on any atom is 0.341 e. The van der Waals surface area contributed by atoms with Gasteiger partial charge in [-0.25, -0.2) is 4.79 Å². The van der Waals surface area contributed by atoms with Gasteiger partial charge in [0.15, 0.2) is 6.61 Å². The van der Waals surface area contributed by atoms with Crippen LogP contribution in [0.4, 0.5) is 0 Å². The lowest BCUT2D eigenvalue weighted by Crippen LogP contribution is -2.52. The first-order valence-electron chi connectivity index (χ1n) is 8.98. The maximum atomic E-state index is 13.2. The second kappa shape index (κ2) is 8.12. The first-order valence-corrected chi connectivity index (χ1v) is 8.98. The van der Waals surface area contributed by atoms with Crippen molar-refractivity contribution in [3.8, 4) is 5.75 Å². The average Bonchev–Trinajstić information content (AvgIpc) is 2.67. The van der Waals surface area contributed by atoms with Crippen LogP contribution in [0.1, 0.15) is 33.1 Å². The van der Waals surface area contributed by atoms with Crippen molar-refractivity contribution in [2.24, 2.45) is 0 Å². The molecule has 28 heavy (non-hydrogen) atoms. The molecule has 0 radical (unpaired) electrons. The number of rotatable bonds is 5. The number of nitrogens with one attached hydrogen (secondary N) is 1. The smallest absolute Gasteiger partial charge is 0.341 e. The molecule has 0 saturated carbocycles. The number of hydrogen-bond donors (Lipinski definition) is 2. The third-order valence-corrected chi connectivity index (χ3v) is 4.64. The highest BCUT2D eigenvalue weighted by Gasteiger charge is 2.35. The van der Waals surface area contributed by atoms with E-state index in [0.717, 1.165) is 5.56 Å². The fraction of sp³-hybridized carbons (Fsp3) is 0.286. The Hall–Kier alpha value is -3.35. The Balaban J connectivity index is 1.91. The number of carboxylic acids is 1. The van der Waals surface area contributed by atoms with Gasteiger partial charge in [-0.1, -0.05) is 30.3 Å². The number of carbonyl (C=O) groups excluding carboxylic acids is 2. The molecule has 7 heteroatoms. The molecule has 7 nitrogen and oxygen atoms in total. The summed E-state index contributed by atoms with van der Waals surface area (Å²) in [5.74, 6) is -1.07. The van der Waals surface area contributed by atoms with E-state index in [1.807, 2.05) is 30.3 Å². The summed E-state index contributed by atoms with van der Waals surface area (Å²) in [4.78, 5) is 38.0. The van der Waals surface area contributed by atoms with Gasteiger partial charge in [0.1, 0.15) is 11.8 Å². The van der Waals surface area contributed by atoms with E-state index in [1.165, 1.54) is 0 Å². The molecule has 3 rings (SSSR count). The highest BCUT2D eigenvalue weighted by atomic mass is 16.5. The predicted molar refractivity (Wildman–Crippen MR) is 102 cm³/mol. The average molecular weight is 382 g/mol. The van der Waals surface area contributed by atoms with Crippen LogP contribution in [0, 0.1) is 13.8 Å². The van der Waals surface area contributed by atoms with Gasteiger partial charge in [0.2, 0.25) is 5.91 Å². The molecule has 2 aromatic rings. The number of nitrogens with zero attached hydrogens (tertiary/aromatic N) is 1. The first kappa shape index (κ1) is 19.4. The third-order valence-electron chi connectivity index (χ3n) is 4.64. The van der Waals surface area contributed by atoms with Crippen molar-refractivity contribution in [2.75, 3.05) is 19.7 Å². The first-order chi connectivity index (χ1) is 13.4. The van der Waals surface area contributed by atoms with Gasteiger partial charge in [0.05, 0.1) is 0 Å². The molecule has 1 atom stereocenters. The van der Waals surface area contributed by atoms with Gasteiger partial charge in [-0.05, 0) is 42.7 Å². The zero-order valence-corrected chi connectivity index (χ0v) is 15.8. The number of carboxylic acid groups (broad SMARTS) is 1. The maximum absolute atomic E-state index is 13.2. The van der Waals surface area contributed by atoms with Gasteiger partial charge in [-0.15, -0.1) is 0 Å². The molecular weight excluding hydrogens is 360 g/mol. The Morgan fingerprint density at radius 3 is 2.43 bits per heavy atom. The van der Waals surface area contributed by atoms with Crippen LogP contribution in [0.25, 0.3) is 0 Å². The summed E-state index contributed by atoms with van der Waals surface area (Å²) in [6.07, 6.45) is 0. The standard InChI is InChI=1S/C21H22N2O5/c1-13-10-16(11-14(2)19(13)28-12-17(24)25)21(27)23-9-8-22-20(26)18(23)15-6-4-3-5-7-15/h3-7,10-11,18H,8-9,12H2,1-2H3,(H,22,26)(H,24,25). The Morgan fingerprint density at radius 2 is 1.82 bits per heavy atom. The van der Waals surface area contributed by atoms with Crippen LogP contribution < -0.4 is 10.1 Å². The van der Waals surface area contributed by atoms with E-state index in [2.05, 4.69) is 5.32 Å². The molecule has 1 unspecified atom stereocenters. The van der Waals surface area contributed by atoms with Crippen molar-refractivity contribution in [1.82, 2.24) is 10.2 Å². The number of amides is 2. The number of hydrogen-bond acceptors (Lipinski definition) is 4. The predicted octanol–water partition coefficient (Wildman–Crippen LogP) is 2.08. The van der Waals surface area contributed by atoms with E-state index >= 15 is 0 Å². The van der Waals surface area contributed by atoms with Crippen LogP contribution >= 0.6 is 0 Å². The molecule has 146 valence electrons. The van der Waals surface area contributed by atoms with Gasteiger partial charge >= 0.3 is 5.97 Å². The summed E-state index contributed by atoms with van der Waals surface area (Å²) in [5, 5.41) is 11.6. The zero-order valence-electron chi connectivity index (χ0n) is 15.8. The van der Waals surface area contributed by atoms with Crippen LogP contribution in [-0.4, -0.2) is 47.5 Å². The lowest BCUT2D eigenvalue weighted by Gasteiger charge is -2.35. The normalized spacial score (nSPS) is 16.4. The van der Waals surface area contributed by atoms with E-state index in [1.54, 1.807) is 30.9 Å². The van der Waals surface area contributed by atoms with Crippen molar-refractivity contribution in [1.29, 1.82) is 0 Å². The molecule has 0 bridgehead atoms. The molecule has 0 aliphatic carbocycles.